The summed E-state index contributed by atoms with van der Waals surface area (Å²) in [5.74, 6) is 0.167. The van der Waals surface area contributed by atoms with Crippen LogP contribution in [-0.4, -0.2) is 35.7 Å². The van der Waals surface area contributed by atoms with Gasteiger partial charge >= 0.3 is 6.03 Å². The SMILES string of the molecule is CN(CC1CCCC1O)C(=O)NC(CCC#N)c1ccccc1. The lowest BCUT2D eigenvalue weighted by atomic mass is 10.0. The highest BCUT2D eigenvalue weighted by Gasteiger charge is 2.28. The Hall–Kier alpha value is -2.06. The first-order valence-electron chi connectivity index (χ1n) is 8.23. The summed E-state index contributed by atoms with van der Waals surface area (Å²) in [6.07, 6.45) is 3.51. The van der Waals surface area contributed by atoms with Gasteiger partial charge in [0.1, 0.15) is 0 Å². The summed E-state index contributed by atoms with van der Waals surface area (Å²) in [6.45, 7) is 0.562. The van der Waals surface area contributed by atoms with Crippen LogP contribution in [0.2, 0.25) is 0 Å². The van der Waals surface area contributed by atoms with E-state index in [0.29, 0.717) is 19.4 Å². The quantitative estimate of drug-likeness (QED) is 0.847. The lowest BCUT2D eigenvalue weighted by Gasteiger charge is -2.26. The fourth-order valence-corrected chi connectivity index (χ4v) is 3.14. The molecule has 1 aliphatic rings. The third-order valence-corrected chi connectivity index (χ3v) is 4.52. The number of aliphatic hydroxyl groups excluding tert-OH is 1. The topological polar surface area (TPSA) is 76.4 Å². The summed E-state index contributed by atoms with van der Waals surface area (Å²) in [5, 5.41) is 21.7. The summed E-state index contributed by atoms with van der Waals surface area (Å²) < 4.78 is 0. The normalized spacial score (nSPS) is 21.4. The Balaban J connectivity index is 1.95. The Morgan fingerprint density at radius 1 is 1.43 bits per heavy atom. The van der Waals surface area contributed by atoms with Crippen LogP contribution in [0, 0.1) is 17.2 Å². The first-order chi connectivity index (χ1) is 11.1. The minimum atomic E-state index is -0.297. The van der Waals surface area contributed by atoms with Crippen molar-refractivity contribution in [1.82, 2.24) is 10.2 Å². The lowest BCUT2D eigenvalue weighted by molar-refractivity contribution is 0.113. The van der Waals surface area contributed by atoms with Gasteiger partial charge in [-0.15, -0.1) is 0 Å². The van der Waals surface area contributed by atoms with E-state index in [-0.39, 0.29) is 24.1 Å². The Labute approximate surface area is 137 Å². The van der Waals surface area contributed by atoms with Crippen LogP contribution in [-0.2, 0) is 0 Å². The summed E-state index contributed by atoms with van der Waals surface area (Å²) in [4.78, 5) is 14.1. The van der Waals surface area contributed by atoms with Gasteiger partial charge in [-0.3, -0.25) is 0 Å². The second kappa shape index (κ2) is 8.54. The maximum atomic E-state index is 12.4. The number of carbonyl (C=O) groups excluding carboxylic acids is 1. The molecule has 1 aliphatic carbocycles. The molecule has 5 nitrogen and oxygen atoms in total. The molecule has 1 saturated carbocycles. The highest BCUT2D eigenvalue weighted by atomic mass is 16.3. The van der Waals surface area contributed by atoms with E-state index >= 15 is 0 Å². The van der Waals surface area contributed by atoms with Crippen LogP contribution in [0.15, 0.2) is 30.3 Å². The zero-order valence-corrected chi connectivity index (χ0v) is 13.6. The first-order valence-corrected chi connectivity index (χ1v) is 8.23. The number of nitrogens with zero attached hydrogens (tertiary/aromatic N) is 2. The van der Waals surface area contributed by atoms with E-state index in [4.69, 9.17) is 5.26 Å². The molecule has 124 valence electrons. The number of urea groups is 1. The van der Waals surface area contributed by atoms with Crippen molar-refractivity contribution in [2.75, 3.05) is 13.6 Å². The summed E-state index contributed by atoms with van der Waals surface area (Å²) in [7, 11) is 1.76. The predicted octanol–water partition coefficient (Wildman–Crippen LogP) is 2.83. The first kappa shape index (κ1) is 17.3. The number of rotatable bonds is 6. The van der Waals surface area contributed by atoms with E-state index in [9.17, 15) is 9.90 Å². The molecule has 0 heterocycles. The van der Waals surface area contributed by atoms with E-state index in [0.717, 1.165) is 24.8 Å². The van der Waals surface area contributed by atoms with E-state index in [1.807, 2.05) is 30.3 Å². The number of aliphatic hydroxyl groups is 1. The molecule has 1 aromatic rings. The number of hydrogen-bond acceptors (Lipinski definition) is 3. The fourth-order valence-electron chi connectivity index (χ4n) is 3.14. The number of nitrogens with one attached hydrogen (secondary N) is 1. The molecule has 2 N–H and O–H groups in total. The standard InChI is InChI=1S/C18H25N3O2/c1-21(13-15-9-5-11-17(15)22)18(23)20-16(10-6-12-19)14-7-3-2-4-8-14/h2-4,7-8,15-17,22H,5-6,9-11,13H2,1H3,(H,20,23). The van der Waals surface area contributed by atoms with Crippen LogP contribution in [0.25, 0.3) is 0 Å². The van der Waals surface area contributed by atoms with Gasteiger partial charge in [0.05, 0.1) is 18.2 Å². The highest BCUT2D eigenvalue weighted by Crippen LogP contribution is 2.26. The highest BCUT2D eigenvalue weighted by molar-refractivity contribution is 5.74. The molecule has 2 rings (SSSR count). The summed E-state index contributed by atoms with van der Waals surface area (Å²) >= 11 is 0. The van der Waals surface area contributed by atoms with Crippen LogP contribution in [0.5, 0.6) is 0 Å². The minimum absolute atomic E-state index is 0.157. The van der Waals surface area contributed by atoms with Crippen molar-refractivity contribution < 1.29 is 9.90 Å². The predicted molar refractivity (Wildman–Crippen MR) is 88.5 cm³/mol. The minimum Gasteiger partial charge on any atom is -0.393 e. The number of carbonyl (C=O) groups is 1. The zero-order chi connectivity index (χ0) is 16.7. The fraction of sp³-hybridized carbons (Fsp3) is 0.556. The van der Waals surface area contributed by atoms with Crippen molar-refractivity contribution in [2.24, 2.45) is 5.92 Å². The van der Waals surface area contributed by atoms with Crippen molar-refractivity contribution in [3.8, 4) is 6.07 Å². The van der Waals surface area contributed by atoms with Crippen LogP contribution in [0.1, 0.15) is 43.7 Å². The Morgan fingerprint density at radius 3 is 2.78 bits per heavy atom. The Bertz CT molecular complexity index is 541. The molecule has 1 fully saturated rings. The summed E-state index contributed by atoms with van der Waals surface area (Å²) in [6, 6.07) is 11.5. The average molecular weight is 315 g/mol. The maximum absolute atomic E-state index is 12.4. The van der Waals surface area contributed by atoms with E-state index in [2.05, 4.69) is 11.4 Å². The van der Waals surface area contributed by atoms with Gasteiger partial charge in [-0.05, 0) is 24.8 Å². The Kier molecular flexibility index (Phi) is 6.42. The molecular weight excluding hydrogens is 290 g/mol. The van der Waals surface area contributed by atoms with Crippen LogP contribution >= 0.6 is 0 Å². The number of benzene rings is 1. The van der Waals surface area contributed by atoms with Gasteiger partial charge in [0.25, 0.3) is 0 Å². The molecule has 0 radical (unpaired) electrons. The lowest BCUT2D eigenvalue weighted by Crippen LogP contribution is -2.42. The number of nitriles is 1. The second-order valence-corrected chi connectivity index (χ2v) is 6.25. The van der Waals surface area contributed by atoms with E-state index in [1.165, 1.54) is 0 Å². The van der Waals surface area contributed by atoms with Crippen LogP contribution in [0.4, 0.5) is 4.79 Å². The molecule has 0 aromatic heterocycles. The van der Waals surface area contributed by atoms with Gasteiger partial charge in [-0.2, -0.15) is 5.26 Å². The molecule has 0 spiro atoms. The number of amides is 2. The van der Waals surface area contributed by atoms with Crippen LogP contribution in [0.3, 0.4) is 0 Å². The van der Waals surface area contributed by atoms with Gasteiger partial charge < -0.3 is 15.3 Å². The molecular formula is C18H25N3O2. The van der Waals surface area contributed by atoms with Crippen molar-refractivity contribution in [3.05, 3.63) is 35.9 Å². The second-order valence-electron chi connectivity index (χ2n) is 6.25. The van der Waals surface area contributed by atoms with Crippen LogP contribution < -0.4 is 5.32 Å². The average Bonchev–Trinajstić information content (AvgIpc) is 2.97. The van der Waals surface area contributed by atoms with Gasteiger partial charge in [0.15, 0.2) is 0 Å². The molecule has 2 amide bonds. The molecule has 23 heavy (non-hydrogen) atoms. The van der Waals surface area contributed by atoms with Gasteiger partial charge in [-0.25, -0.2) is 4.79 Å². The van der Waals surface area contributed by atoms with Crippen molar-refractivity contribution >= 4 is 6.03 Å². The molecule has 3 atom stereocenters. The van der Waals surface area contributed by atoms with Crippen molar-refractivity contribution in [2.45, 2.75) is 44.2 Å². The van der Waals surface area contributed by atoms with Gasteiger partial charge in [0.2, 0.25) is 0 Å². The zero-order valence-electron chi connectivity index (χ0n) is 13.6. The monoisotopic (exact) mass is 315 g/mol. The Morgan fingerprint density at radius 2 is 2.17 bits per heavy atom. The molecule has 1 aromatic carbocycles. The maximum Gasteiger partial charge on any atom is 0.317 e. The molecule has 0 bridgehead atoms. The molecule has 0 saturated heterocycles. The molecule has 3 unspecified atom stereocenters. The molecule has 0 aliphatic heterocycles. The van der Waals surface area contributed by atoms with E-state index in [1.54, 1.807) is 11.9 Å². The van der Waals surface area contributed by atoms with Crippen molar-refractivity contribution in [1.29, 1.82) is 5.26 Å². The third kappa shape index (κ3) is 4.97. The van der Waals surface area contributed by atoms with Gasteiger partial charge in [0, 0.05) is 25.9 Å². The van der Waals surface area contributed by atoms with E-state index < -0.39 is 0 Å². The summed E-state index contributed by atoms with van der Waals surface area (Å²) in [5.41, 5.74) is 1.01. The third-order valence-electron chi connectivity index (χ3n) is 4.52. The molecule has 5 heteroatoms. The van der Waals surface area contributed by atoms with Gasteiger partial charge in [-0.1, -0.05) is 36.8 Å². The number of hydrogen-bond donors (Lipinski definition) is 2. The largest absolute Gasteiger partial charge is 0.393 e. The smallest absolute Gasteiger partial charge is 0.317 e. The van der Waals surface area contributed by atoms with Crippen molar-refractivity contribution in [3.63, 3.8) is 0 Å².